The molecule has 9 heteroatoms. The number of rotatable bonds is 7. The first-order valence-electron chi connectivity index (χ1n) is 8.54. The van der Waals surface area contributed by atoms with Gasteiger partial charge in [0.2, 0.25) is 5.75 Å². The first-order valence-corrected chi connectivity index (χ1v) is 8.54. The number of aromatic hydroxyl groups is 1. The number of amides is 1. The Balaban J connectivity index is 1.69. The maximum atomic E-state index is 12.3. The number of nitrogens with one attached hydrogen (secondary N) is 2. The summed E-state index contributed by atoms with van der Waals surface area (Å²) < 4.78 is 15.3. The van der Waals surface area contributed by atoms with Crippen molar-refractivity contribution in [1.29, 1.82) is 0 Å². The number of methoxy groups -OCH3 is 3. The van der Waals surface area contributed by atoms with E-state index in [4.69, 9.17) is 14.2 Å². The molecule has 1 aromatic heterocycles. The Hall–Kier alpha value is -4.01. The number of carbonyl (C=O) groups is 1. The maximum Gasteiger partial charge on any atom is 0.289 e. The van der Waals surface area contributed by atoms with Crippen LogP contribution in [0.1, 0.15) is 16.1 Å². The molecule has 0 atom stereocenters. The van der Waals surface area contributed by atoms with Crippen molar-refractivity contribution in [2.45, 2.75) is 0 Å². The lowest BCUT2D eigenvalue weighted by molar-refractivity contribution is 0.0950. The molecule has 0 aliphatic rings. The Kier molecular flexibility index (Phi) is 5.98. The lowest BCUT2D eigenvalue weighted by Crippen LogP contribution is -2.18. The average Bonchev–Trinajstić information content (AvgIpc) is 3.25. The molecule has 0 bridgehead atoms. The van der Waals surface area contributed by atoms with Crippen molar-refractivity contribution in [3.8, 4) is 34.3 Å². The number of aromatic nitrogens is 2. The maximum absolute atomic E-state index is 12.3. The number of ether oxygens (including phenoxy) is 3. The summed E-state index contributed by atoms with van der Waals surface area (Å²) in [6.45, 7) is 0. The molecule has 2 aromatic carbocycles. The highest BCUT2D eigenvalue weighted by atomic mass is 16.5. The van der Waals surface area contributed by atoms with Crippen molar-refractivity contribution in [1.82, 2.24) is 15.6 Å². The van der Waals surface area contributed by atoms with E-state index in [0.29, 0.717) is 11.3 Å². The Morgan fingerprint density at radius 2 is 1.72 bits per heavy atom. The summed E-state index contributed by atoms with van der Waals surface area (Å²) in [6, 6.07) is 12.1. The number of hydrogen-bond acceptors (Lipinski definition) is 7. The van der Waals surface area contributed by atoms with Crippen molar-refractivity contribution in [3.63, 3.8) is 0 Å². The number of aromatic amines is 1. The van der Waals surface area contributed by atoms with Crippen LogP contribution >= 0.6 is 0 Å². The van der Waals surface area contributed by atoms with E-state index in [0.717, 1.165) is 11.3 Å². The third-order valence-corrected chi connectivity index (χ3v) is 4.09. The van der Waals surface area contributed by atoms with Crippen LogP contribution in [-0.2, 0) is 0 Å². The summed E-state index contributed by atoms with van der Waals surface area (Å²) >= 11 is 0. The number of benzene rings is 2. The minimum atomic E-state index is -0.453. The fraction of sp³-hybridized carbons (Fsp3) is 0.150. The summed E-state index contributed by atoms with van der Waals surface area (Å²) in [6.07, 6.45) is 1.41. The van der Waals surface area contributed by atoms with E-state index < -0.39 is 5.91 Å². The highest BCUT2D eigenvalue weighted by Crippen LogP contribution is 2.36. The number of phenols is 1. The fourth-order valence-corrected chi connectivity index (χ4v) is 2.56. The molecule has 0 spiro atoms. The molecule has 3 rings (SSSR count). The molecule has 150 valence electrons. The van der Waals surface area contributed by atoms with E-state index in [1.54, 1.807) is 25.3 Å². The Morgan fingerprint density at radius 3 is 2.31 bits per heavy atom. The Bertz CT molecular complexity index is 1000. The zero-order valence-electron chi connectivity index (χ0n) is 16.1. The smallest absolute Gasteiger partial charge is 0.289 e. The van der Waals surface area contributed by atoms with Gasteiger partial charge in [-0.2, -0.15) is 10.2 Å². The SMILES string of the molecule is COc1ccc(-c2cc(C(=O)NN=Cc3cc(OC)c(O)c(OC)c3)[nH]n2)cc1. The van der Waals surface area contributed by atoms with Gasteiger partial charge in [0.25, 0.3) is 5.91 Å². The summed E-state index contributed by atoms with van der Waals surface area (Å²) in [5.41, 5.74) is 4.70. The number of phenolic OH excluding ortho intramolecular Hbond substituents is 1. The minimum absolute atomic E-state index is 0.111. The van der Waals surface area contributed by atoms with Gasteiger partial charge >= 0.3 is 0 Å². The van der Waals surface area contributed by atoms with Crippen LogP contribution in [0, 0.1) is 0 Å². The fourth-order valence-electron chi connectivity index (χ4n) is 2.56. The van der Waals surface area contributed by atoms with Crippen LogP contribution < -0.4 is 19.6 Å². The van der Waals surface area contributed by atoms with Crippen molar-refractivity contribution in [3.05, 3.63) is 53.7 Å². The topological polar surface area (TPSA) is 118 Å². The number of H-pyrrole nitrogens is 1. The van der Waals surface area contributed by atoms with Gasteiger partial charge in [-0.1, -0.05) is 0 Å². The number of hydrogen-bond donors (Lipinski definition) is 3. The van der Waals surface area contributed by atoms with E-state index in [2.05, 4.69) is 20.7 Å². The van der Waals surface area contributed by atoms with Crippen LogP contribution in [0.2, 0.25) is 0 Å². The molecule has 0 aliphatic carbocycles. The van der Waals surface area contributed by atoms with Crippen LogP contribution in [0.25, 0.3) is 11.3 Å². The van der Waals surface area contributed by atoms with E-state index in [1.165, 1.54) is 20.4 Å². The normalized spacial score (nSPS) is 10.7. The zero-order chi connectivity index (χ0) is 20.8. The predicted molar refractivity (Wildman–Crippen MR) is 107 cm³/mol. The lowest BCUT2D eigenvalue weighted by atomic mass is 10.1. The number of nitrogens with zero attached hydrogens (tertiary/aromatic N) is 2. The molecule has 0 aliphatic heterocycles. The molecule has 0 unspecified atom stereocenters. The molecule has 1 heterocycles. The Labute approximate surface area is 166 Å². The van der Waals surface area contributed by atoms with Gasteiger partial charge in [0.05, 0.1) is 33.2 Å². The van der Waals surface area contributed by atoms with Crippen molar-refractivity contribution >= 4 is 12.1 Å². The molecule has 0 fully saturated rings. The summed E-state index contributed by atoms with van der Waals surface area (Å²) in [5, 5.41) is 20.7. The van der Waals surface area contributed by atoms with Gasteiger partial charge in [0.15, 0.2) is 11.5 Å². The molecule has 0 radical (unpaired) electrons. The van der Waals surface area contributed by atoms with Crippen molar-refractivity contribution < 1.29 is 24.1 Å². The predicted octanol–water partition coefficient (Wildman–Crippen LogP) is 2.57. The van der Waals surface area contributed by atoms with Crippen molar-refractivity contribution in [2.24, 2.45) is 5.10 Å². The van der Waals surface area contributed by atoms with Gasteiger partial charge in [-0.3, -0.25) is 9.89 Å². The Morgan fingerprint density at radius 1 is 1.07 bits per heavy atom. The van der Waals surface area contributed by atoms with Gasteiger partial charge in [-0.25, -0.2) is 5.43 Å². The van der Waals surface area contributed by atoms with Crippen LogP contribution in [0.5, 0.6) is 23.0 Å². The average molecular weight is 396 g/mol. The summed E-state index contributed by atoms with van der Waals surface area (Å²) in [7, 11) is 4.45. The van der Waals surface area contributed by atoms with Gasteiger partial charge < -0.3 is 19.3 Å². The quantitative estimate of drug-likeness (QED) is 0.417. The highest BCUT2D eigenvalue weighted by molar-refractivity contribution is 5.94. The van der Waals surface area contributed by atoms with Crippen LogP contribution in [0.4, 0.5) is 0 Å². The van der Waals surface area contributed by atoms with E-state index in [1.807, 2.05) is 24.3 Å². The largest absolute Gasteiger partial charge is 0.502 e. The van der Waals surface area contributed by atoms with Gasteiger partial charge in [0, 0.05) is 11.1 Å². The van der Waals surface area contributed by atoms with E-state index >= 15 is 0 Å². The first-order chi connectivity index (χ1) is 14.0. The standard InChI is InChI=1S/C20H20N4O5/c1-27-14-6-4-13(5-7-14)15-10-16(23-22-15)20(26)24-21-11-12-8-17(28-2)19(25)18(9-12)29-3/h4-11,25H,1-3H3,(H,22,23)(H,24,26). The molecular weight excluding hydrogens is 376 g/mol. The third kappa shape index (κ3) is 4.46. The van der Waals surface area contributed by atoms with Gasteiger partial charge in [-0.05, 0) is 42.5 Å². The highest BCUT2D eigenvalue weighted by Gasteiger charge is 2.12. The molecule has 0 saturated carbocycles. The van der Waals surface area contributed by atoms with E-state index in [9.17, 15) is 9.90 Å². The summed E-state index contributed by atoms with van der Waals surface area (Å²) in [5.74, 6) is 0.634. The monoisotopic (exact) mass is 396 g/mol. The summed E-state index contributed by atoms with van der Waals surface area (Å²) in [4.78, 5) is 12.3. The second kappa shape index (κ2) is 8.79. The third-order valence-electron chi connectivity index (χ3n) is 4.09. The first kappa shape index (κ1) is 19.7. The van der Waals surface area contributed by atoms with Crippen LogP contribution in [-0.4, -0.2) is 48.8 Å². The number of carbonyl (C=O) groups excluding carboxylic acids is 1. The van der Waals surface area contributed by atoms with Gasteiger partial charge in [0.1, 0.15) is 11.4 Å². The minimum Gasteiger partial charge on any atom is -0.502 e. The molecule has 29 heavy (non-hydrogen) atoms. The lowest BCUT2D eigenvalue weighted by Gasteiger charge is -2.09. The number of hydrazone groups is 1. The molecule has 3 N–H and O–H groups in total. The van der Waals surface area contributed by atoms with E-state index in [-0.39, 0.29) is 22.9 Å². The van der Waals surface area contributed by atoms with Crippen LogP contribution in [0.15, 0.2) is 47.6 Å². The molecule has 0 saturated heterocycles. The van der Waals surface area contributed by atoms with Crippen LogP contribution in [0.3, 0.4) is 0 Å². The zero-order valence-corrected chi connectivity index (χ0v) is 16.1. The molecule has 1 amide bonds. The van der Waals surface area contributed by atoms with Gasteiger partial charge in [-0.15, -0.1) is 0 Å². The molecule has 3 aromatic rings. The molecule has 9 nitrogen and oxygen atoms in total. The molecular formula is C20H20N4O5. The second-order valence-electron chi connectivity index (χ2n) is 5.87. The second-order valence-corrected chi connectivity index (χ2v) is 5.87. The van der Waals surface area contributed by atoms with Crippen molar-refractivity contribution in [2.75, 3.05) is 21.3 Å².